The lowest BCUT2D eigenvalue weighted by atomic mass is 9.21. The van der Waals surface area contributed by atoms with Gasteiger partial charge in [-0.05, 0) is 56.0 Å². The number of halogens is 15. The van der Waals surface area contributed by atoms with E-state index in [1.807, 2.05) is 0 Å². The second-order valence-corrected chi connectivity index (χ2v) is 12.7. The lowest BCUT2D eigenvalue weighted by molar-refractivity contribution is 0.0135. The molecule has 3 fully saturated rings. The van der Waals surface area contributed by atoms with Crippen molar-refractivity contribution in [3.63, 3.8) is 0 Å². The molecule has 6 rings (SSSR count). The molecule has 3 aromatic carbocycles. The summed E-state index contributed by atoms with van der Waals surface area (Å²) in [4.78, 5) is 0.575. The molecule has 0 radical (unpaired) electrons. The minimum atomic E-state index is -5.72. The van der Waals surface area contributed by atoms with Crippen LogP contribution < -0.4 is 16.4 Å². The average molecular weight is 704 g/mol. The molecule has 1 heterocycles. The molecule has 0 unspecified atom stereocenters. The predicted molar refractivity (Wildman–Crippen MR) is 141 cm³/mol. The summed E-state index contributed by atoms with van der Waals surface area (Å²) < 4.78 is 231. The van der Waals surface area contributed by atoms with E-state index < -0.39 is 134 Å². The molecule has 0 amide bonds. The first kappa shape index (κ1) is 34.5. The minimum absolute atomic E-state index is 0.169. The van der Waals surface area contributed by atoms with Gasteiger partial charge in [-0.2, -0.15) is 0 Å². The van der Waals surface area contributed by atoms with Crippen molar-refractivity contribution in [2.24, 2.45) is 11.8 Å². The molecule has 1 aliphatic heterocycles. The van der Waals surface area contributed by atoms with Gasteiger partial charge in [0.25, 0.3) is 0 Å². The molecule has 0 bridgehead atoms. The lowest BCUT2D eigenvalue weighted by Gasteiger charge is -2.66. The smallest absolute Gasteiger partial charge is 0.200 e. The number of rotatable bonds is 4. The first-order chi connectivity index (χ1) is 22.6. The van der Waals surface area contributed by atoms with Crippen molar-refractivity contribution >= 4 is 22.7 Å². The van der Waals surface area contributed by atoms with Gasteiger partial charge in [-0.3, -0.25) is 0 Å². The van der Waals surface area contributed by atoms with Gasteiger partial charge in [0.15, 0.2) is 58.6 Å². The van der Waals surface area contributed by atoms with E-state index in [-0.39, 0.29) is 44.9 Å². The molecule has 260 valence electrons. The number of fused-ring (bicyclic) bond motifs is 2. The van der Waals surface area contributed by atoms with Crippen LogP contribution in [-0.2, 0) is 0 Å². The van der Waals surface area contributed by atoms with E-state index >= 15 is 52.7 Å². The third kappa shape index (κ3) is 4.61. The molecule has 0 aromatic heterocycles. The van der Waals surface area contributed by atoms with Crippen LogP contribution >= 0.6 is 0 Å². The summed E-state index contributed by atoms with van der Waals surface area (Å²) in [6.45, 7) is 0. The van der Waals surface area contributed by atoms with Crippen molar-refractivity contribution in [3.05, 3.63) is 87.3 Å². The van der Waals surface area contributed by atoms with Gasteiger partial charge in [0, 0.05) is 0 Å². The van der Waals surface area contributed by atoms with E-state index in [1.165, 1.54) is 0 Å². The second-order valence-electron chi connectivity index (χ2n) is 12.7. The Bertz CT molecular complexity index is 1550. The second kappa shape index (κ2) is 12.2. The Kier molecular flexibility index (Phi) is 8.77. The van der Waals surface area contributed by atoms with E-state index in [1.54, 1.807) is 0 Å². The highest BCUT2D eigenvalue weighted by Crippen LogP contribution is 2.48. The Morgan fingerprint density at radius 1 is 0.333 bits per heavy atom. The van der Waals surface area contributed by atoms with Gasteiger partial charge < -0.3 is 4.81 Å². The maximum Gasteiger partial charge on any atom is 0.200 e. The SMILES string of the molecule is Fc1c(F)c(F)c([B-](c2c(F)c(F)c(F)c(F)c2F)(c2c(F)c(F)c(F)c(F)c2F)N2[C@@H]3CCCC[C@@H]3C[C@@H]3CCCC[C@@H]32)c(F)c1F. The van der Waals surface area contributed by atoms with Gasteiger partial charge in [-0.1, -0.05) is 25.7 Å². The van der Waals surface area contributed by atoms with Gasteiger partial charge >= 0.3 is 0 Å². The fourth-order valence-corrected chi connectivity index (χ4v) is 8.77. The van der Waals surface area contributed by atoms with Gasteiger partial charge in [-0.15, -0.1) is 16.4 Å². The number of hydrogen-bond donors (Lipinski definition) is 0. The predicted octanol–water partition coefficient (Wildman–Crippen LogP) is 7.56. The van der Waals surface area contributed by atoms with Crippen molar-refractivity contribution in [3.8, 4) is 0 Å². The topological polar surface area (TPSA) is 3.24 Å². The van der Waals surface area contributed by atoms with E-state index in [0.717, 1.165) is 0 Å². The monoisotopic (exact) mass is 704 g/mol. The van der Waals surface area contributed by atoms with E-state index in [4.69, 9.17) is 0 Å². The van der Waals surface area contributed by atoms with Crippen molar-refractivity contribution in [2.75, 3.05) is 0 Å². The van der Waals surface area contributed by atoms with Crippen molar-refractivity contribution < 1.29 is 65.9 Å². The van der Waals surface area contributed by atoms with Crippen LogP contribution in [0.25, 0.3) is 0 Å². The number of piperidine rings is 1. The molecule has 4 atom stereocenters. The molecule has 0 spiro atoms. The van der Waals surface area contributed by atoms with Crippen molar-refractivity contribution in [1.82, 2.24) is 4.81 Å². The summed E-state index contributed by atoms with van der Waals surface area (Å²) in [5.41, 5.74) is -7.56. The van der Waals surface area contributed by atoms with Gasteiger partial charge in [0.2, 0.25) is 0 Å². The Labute approximate surface area is 262 Å². The Morgan fingerprint density at radius 2 is 0.562 bits per heavy atom. The van der Waals surface area contributed by atoms with E-state index in [9.17, 15) is 13.2 Å². The van der Waals surface area contributed by atoms with Crippen LogP contribution in [0.5, 0.6) is 0 Å². The number of nitrogens with zero attached hydrogens (tertiary/aromatic N) is 1. The highest BCUT2D eigenvalue weighted by Gasteiger charge is 2.57. The van der Waals surface area contributed by atoms with Crippen LogP contribution in [0.15, 0.2) is 0 Å². The number of hydrogen-bond acceptors (Lipinski definition) is 1. The van der Waals surface area contributed by atoms with E-state index in [0.29, 0.717) is 17.7 Å². The maximum atomic E-state index is 16.2. The normalized spacial score (nSPS) is 23.3. The highest BCUT2D eigenvalue weighted by atomic mass is 19.2. The van der Waals surface area contributed by atoms with Crippen LogP contribution in [0.1, 0.15) is 57.8 Å². The first-order valence-electron chi connectivity index (χ1n) is 15.1. The van der Waals surface area contributed by atoms with Gasteiger partial charge in [-0.25, -0.2) is 65.9 Å². The first-order valence-corrected chi connectivity index (χ1v) is 15.1. The van der Waals surface area contributed by atoms with Crippen molar-refractivity contribution in [2.45, 2.75) is 69.9 Å². The molecule has 0 N–H and O–H groups in total. The molecular formula is C31H22BF15N-. The van der Waals surface area contributed by atoms with Crippen LogP contribution in [0.4, 0.5) is 65.9 Å². The fourth-order valence-electron chi connectivity index (χ4n) is 8.77. The minimum Gasteiger partial charge on any atom is -0.457 e. The maximum absolute atomic E-state index is 16.2. The zero-order valence-electron chi connectivity index (χ0n) is 24.4. The van der Waals surface area contributed by atoms with Crippen LogP contribution in [0, 0.1) is 99.1 Å². The summed E-state index contributed by atoms with van der Waals surface area (Å²) >= 11 is 0. The third-order valence-electron chi connectivity index (χ3n) is 10.5. The molecule has 17 heteroatoms. The summed E-state index contributed by atoms with van der Waals surface area (Å²) in [6.07, 6.45) is -4.05. The van der Waals surface area contributed by atoms with Crippen LogP contribution in [0.2, 0.25) is 0 Å². The third-order valence-corrected chi connectivity index (χ3v) is 10.5. The molecule has 1 nitrogen and oxygen atoms in total. The lowest BCUT2D eigenvalue weighted by Crippen LogP contribution is -2.86. The fraction of sp³-hybridized carbons (Fsp3) is 0.419. The summed E-state index contributed by atoms with van der Waals surface area (Å²) in [6, 6.07) is -2.78. The van der Waals surface area contributed by atoms with Gasteiger partial charge in [0.05, 0.1) is 0 Å². The molecule has 3 aromatic rings. The Morgan fingerprint density at radius 3 is 0.833 bits per heavy atom. The molecular weight excluding hydrogens is 682 g/mol. The molecule has 2 saturated carbocycles. The molecule has 1 saturated heterocycles. The molecule has 2 aliphatic carbocycles. The van der Waals surface area contributed by atoms with Crippen LogP contribution in [-0.4, -0.2) is 23.2 Å². The van der Waals surface area contributed by atoms with Crippen molar-refractivity contribution in [1.29, 1.82) is 0 Å². The summed E-state index contributed by atoms with van der Waals surface area (Å²) in [5.74, 6) is -45.6. The molecule has 3 aliphatic rings. The Hall–Kier alpha value is -3.37. The largest absolute Gasteiger partial charge is 0.457 e. The highest BCUT2D eigenvalue weighted by molar-refractivity contribution is 7.10. The summed E-state index contributed by atoms with van der Waals surface area (Å²) in [7, 11) is 0. The quantitative estimate of drug-likeness (QED) is 0.117. The van der Waals surface area contributed by atoms with Crippen LogP contribution in [0.3, 0.4) is 0 Å². The standard InChI is InChI=1S/C31H22BF15N/c33-17-14(18(34)24(40)29(45)23(17)39)32(15-19(35)25(41)30(46)26(42)20(15)36,16-21(37)27(43)31(47)28(44)22(16)38)48-12-7-3-1-5-10(12)9-11-6-2-4-8-13(11)48/h10-13H,1-9H2/q-1/t10-,11+,12-,13+. The zero-order valence-corrected chi connectivity index (χ0v) is 24.4. The average Bonchev–Trinajstić information content (AvgIpc) is 3.08. The Balaban J connectivity index is 1.98. The summed E-state index contributed by atoms with van der Waals surface area (Å²) in [5, 5.41) is 0. The molecule has 48 heavy (non-hydrogen) atoms. The van der Waals surface area contributed by atoms with Gasteiger partial charge in [0.1, 0.15) is 34.9 Å². The zero-order chi connectivity index (χ0) is 35.1. The van der Waals surface area contributed by atoms with E-state index in [2.05, 4.69) is 0 Å². The number of benzene rings is 3.